The maximum Gasteiger partial charge on any atom is 0.296 e. The van der Waals surface area contributed by atoms with Crippen molar-refractivity contribution < 1.29 is 9.66 Å². The van der Waals surface area contributed by atoms with E-state index in [1.165, 1.54) is 13.2 Å². The molecule has 128 valence electrons. The van der Waals surface area contributed by atoms with Gasteiger partial charge in [0.05, 0.1) is 24.1 Å². The number of nitrogens with one attached hydrogen (secondary N) is 1. The highest BCUT2D eigenvalue weighted by atomic mass is 79.9. The Morgan fingerprint density at radius 3 is 2.72 bits per heavy atom. The summed E-state index contributed by atoms with van der Waals surface area (Å²) < 4.78 is 6.30. The Bertz CT molecular complexity index is 864. The van der Waals surface area contributed by atoms with Crippen LogP contribution in [0.25, 0.3) is 0 Å². The molecule has 4 rings (SSSR count). The lowest BCUT2D eigenvalue weighted by molar-refractivity contribution is -0.384. The van der Waals surface area contributed by atoms with E-state index in [4.69, 9.17) is 4.74 Å². The number of benzene rings is 2. The number of methoxy groups -OCH3 is 1. The summed E-state index contributed by atoms with van der Waals surface area (Å²) in [5.41, 5.74) is 2.75. The number of allylic oxidation sites excluding steroid dienone is 2. The van der Waals surface area contributed by atoms with Crippen molar-refractivity contribution in [3.8, 4) is 5.75 Å². The van der Waals surface area contributed by atoms with Crippen LogP contribution in [-0.4, -0.2) is 12.0 Å². The van der Waals surface area contributed by atoms with Crippen LogP contribution < -0.4 is 10.1 Å². The third-order valence-electron chi connectivity index (χ3n) is 5.08. The van der Waals surface area contributed by atoms with Crippen LogP contribution in [0, 0.1) is 16.0 Å². The smallest absolute Gasteiger partial charge is 0.296 e. The Kier molecular flexibility index (Phi) is 4.00. The second-order valence-electron chi connectivity index (χ2n) is 6.39. The van der Waals surface area contributed by atoms with E-state index in [0.29, 0.717) is 17.4 Å². The molecule has 0 fully saturated rings. The van der Waals surface area contributed by atoms with Gasteiger partial charge < -0.3 is 10.1 Å². The van der Waals surface area contributed by atoms with Crippen LogP contribution in [0.15, 0.2) is 53.0 Å². The van der Waals surface area contributed by atoms with E-state index in [1.54, 1.807) is 0 Å². The predicted octanol–water partition coefficient (Wildman–Crippen LogP) is 5.19. The first-order chi connectivity index (χ1) is 12.1. The molecule has 0 bridgehead atoms. The summed E-state index contributed by atoms with van der Waals surface area (Å²) in [4.78, 5) is 11.3. The van der Waals surface area contributed by atoms with Crippen molar-refractivity contribution in [3.05, 3.63) is 74.3 Å². The van der Waals surface area contributed by atoms with Crippen molar-refractivity contribution in [3.63, 3.8) is 0 Å². The molecule has 0 radical (unpaired) electrons. The number of halogens is 1. The van der Waals surface area contributed by atoms with Crippen LogP contribution in [0.4, 0.5) is 11.4 Å². The highest BCUT2D eigenvalue weighted by Crippen LogP contribution is 2.53. The number of anilines is 1. The summed E-state index contributed by atoms with van der Waals surface area (Å²) in [6, 6.07) is 11.6. The number of nitro groups is 1. The average Bonchev–Trinajstić information content (AvgIpc) is 3.10. The SMILES string of the molecule is COc1cc2c(c([N+](=O)[O-])c1)N[C@H](c1ccc(Br)cc1)[C@@H]1CC=C[C@H]21. The van der Waals surface area contributed by atoms with E-state index in [1.807, 2.05) is 18.2 Å². The lowest BCUT2D eigenvalue weighted by atomic mass is 9.76. The first kappa shape index (κ1) is 16.1. The molecule has 1 aliphatic heterocycles. The highest BCUT2D eigenvalue weighted by Gasteiger charge is 2.41. The third kappa shape index (κ3) is 2.70. The largest absolute Gasteiger partial charge is 0.496 e. The van der Waals surface area contributed by atoms with Gasteiger partial charge in [0.2, 0.25) is 0 Å². The second-order valence-corrected chi connectivity index (χ2v) is 7.31. The van der Waals surface area contributed by atoms with E-state index < -0.39 is 0 Å². The molecule has 1 N–H and O–H groups in total. The Morgan fingerprint density at radius 1 is 1.28 bits per heavy atom. The molecule has 2 aliphatic rings. The first-order valence-corrected chi connectivity index (χ1v) is 8.93. The van der Waals surface area contributed by atoms with E-state index >= 15 is 0 Å². The van der Waals surface area contributed by atoms with Crippen LogP contribution in [0.1, 0.15) is 29.5 Å². The van der Waals surface area contributed by atoms with Crippen LogP contribution >= 0.6 is 15.9 Å². The summed E-state index contributed by atoms with van der Waals surface area (Å²) in [6.45, 7) is 0. The fraction of sp³-hybridized carbons (Fsp3) is 0.263. The van der Waals surface area contributed by atoms with Gasteiger partial charge in [0.1, 0.15) is 11.4 Å². The number of hydrogen-bond donors (Lipinski definition) is 1. The minimum Gasteiger partial charge on any atom is -0.496 e. The number of hydrogen-bond acceptors (Lipinski definition) is 4. The van der Waals surface area contributed by atoms with E-state index in [-0.39, 0.29) is 22.6 Å². The topological polar surface area (TPSA) is 64.4 Å². The fourth-order valence-corrected chi connectivity index (χ4v) is 4.18. The molecule has 0 spiro atoms. The molecular weight excluding hydrogens is 384 g/mol. The van der Waals surface area contributed by atoms with Gasteiger partial charge in [-0.15, -0.1) is 0 Å². The van der Waals surface area contributed by atoms with Crippen molar-refractivity contribution in [2.24, 2.45) is 5.92 Å². The molecule has 25 heavy (non-hydrogen) atoms. The molecule has 6 heteroatoms. The zero-order valence-electron chi connectivity index (χ0n) is 13.6. The average molecular weight is 401 g/mol. The molecule has 0 unspecified atom stereocenters. The molecular formula is C19H17BrN2O3. The normalized spacial score (nSPS) is 23.5. The van der Waals surface area contributed by atoms with Crippen LogP contribution in [0.2, 0.25) is 0 Å². The number of nitro benzene ring substituents is 1. The van der Waals surface area contributed by atoms with Crippen molar-refractivity contribution >= 4 is 27.3 Å². The fourth-order valence-electron chi connectivity index (χ4n) is 3.92. The molecule has 0 aromatic heterocycles. The number of fused-ring (bicyclic) bond motifs is 3. The molecule has 0 amide bonds. The third-order valence-corrected chi connectivity index (χ3v) is 5.61. The van der Waals surface area contributed by atoms with Gasteiger partial charge in [-0.3, -0.25) is 10.1 Å². The summed E-state index contributed by atoms with van der Waals surface area (Å²) in [5, 5.41) is 15.1. The van der Waals surface area contributed by atoms with Crippen LogP contribution in [0.5, 0.6) is 5.75 Å². The van der Waals surface area contributed by atoms with Crippen molar-refractivity contribution in [2.75, 3.05) is 12.4 Å². The van der Waals surface area contributed by atoms with Gasteiger partial charge in [0.15, 0.2) is 0 Å². The van der Waals surface area contributed by atoms with E-state index in [9.17, 15) is 10.1 Å². The van der Waals surface area contributed by atoms with Gasteiger partial charge >= 0.3 is 0 Å². The van der Waals surface area contributed by atoms with E-state index in [2.05, 4.69) is 45.5 Å². The van der Waals surface area contributed by atoms with Crippen molar-refractivity contribution in [1.29, 1.82) is 0 Å². The monoisotopic (exact) mass is 400 g/mol. The summed E-state index contributed by atoms with van der Waals surface area (Å²) in [6.07, 6.45) is 5.28. The van der Waals surface area contributed by atoms with Gasteiger partial charge in [0.25, 0.3) is 5.69 Å². The number of nitrogens with zero attached hydrogens (tertiary/aromatic N) is 1. The van der Waals surface area contributed by atoms with Gasteiger partial charge in [-0.05, 0) is 41.7 Å². The number of ether oxygens (including phenoxy) is 1. The van der Waals surface area contributed by atoms with Gasteiger partial charge in [-0.2, -0.15) is 0 Å². The molecule has 2 aromatic rings. The standard InChI is InChI=1S/C19H17BrN2O3/c1-25-13-9-16-14-3-2-4-15(14)18(11-5-7-12(20)8-6-11)21-19(16)17(10-13)22(23)24/h2-3,5-10,14-15,18,21H,4H2,1H3/t14-,15+,18+/m0/s1. The van der Waals surface area contributed by atoms with E-state index in [0.717, 1.165) is 22.0 Å². The summed E-state index contributed by atoms with van der Waals surface area (Å²) in [5.74, 6) is 1.01. The molecule has 2 aromatic carbocycles. The summed E-state index contributed by atoms with van der Waals surface area (Å²) in [7, 11) is 1.54. The van der Waals surface area contributed by atoms with Crippen molar-refractivity contribution in [1.82, 2.24) is 0 Å². The Balaban J connectivity index is 1.85. The molecule has 0 saturated carbocycles. The Labute approximate surface area is 154 Å². The molecule has 5 nitrogen and oxygen atoms in total. The predicted molar refractivity (Wildman–Crippen MR) is 100 cm³/mol. The van der Waals surface area contributed by atoms with Gasteiger partial charge in [0, 0.05) is 10.4 Å². The zero-order valence-corrected chi connectivity index (χ0v) is 15.2. The summed E-state index contributed by atoms with van der Waals surface area (Å²) >= 11 is 3.46. The quantitative estimate of drug-likeness (QED) is 0.437. The lowest BCUT2D eigenvalue weighted by Crippen LogP contribution is -2.29. The minimum absolute atomic E-state index is 0.0349. The maximum absolute atomic E-state index is 11.6. The maximum atomic E-state index is 11.6. The second kappa shape index (κ2) is 6.19. The van der Waals surface area contributed by atoms with Crippen LogP contribution in [-0.2, 0) is 0 Å². The minimum atomic E-state index is -0.341. The number of rotatable bonds is 3. The van der Waals surface area contributed by atoms with Crippen LogP contribution in [0.3, 0.4) is 0 Å². The molecule has 3 atom stereocenters. The highest BCUT2D eigenvalue weighted by molar-refractivity contribution is 9.10. The van der Waals surface area contributed by atoms with Crippen molar-refractivity contribution in [2.45, 2.75) is 18.4 Å². The molecule has 1 aliphatic carbocycles. The zero-order chi connectivity index (χ0) is 17.6. The Hall–Kier alpha value is -2.34. The molecule has 0 saturated heterocycles. The molecule has 1 heterocycles. The Morgan fingerprint density at radius 2 is 2.04 bits per heavy atom. The van der Waals surface area contributed by atoms with Gasteiger partial charge in [-0.25, -0.2) is 0 Å². The first-order valence-electron chi connectivity index (χ1n) is 8.13. The van der Waals surface area contributed by atoms with Gasteiger partial charge in [-0.1, -0.05) is 40.2 Å². The lowest BCUT2D eigenvalue weighted by Gasteiger charge is -2.37.